The van der Waals surface area contributed by atoms with Crippen molar-refractivity contribution in [3.05, 3.63) is 53.6 Å². The highest BCUT2D eigenvalue weighted by Crippen LogP contribution is 2.26. The van der Waals surface area contributed by atoms with Crippen LogP contribution in [0.1, 0.15) is 11.1 Å². The summed E-state index contributed by atoms with van der Waals surface area (Å²) in [5, 5.41) is 8.76. The summed E-state index contributed by atoms with van der Waals surface area (Å²) >= 11 is 0. The van der Waals surface area contributed by atoms with Crippen LogP contribution in [0.5, 0.6) is 5.75 Å². The molecule has 0 amide bonds. The van der Waals surface area contributed by atoms with E-state index in [1.165, 1.54) is 0 Å². The first-order valence-electron chi connectivity index (χ1n) is 5.43. The van der Waals surface area contributed by atoms with Crippen LogP contribution in [-0.2, 0) is 0 Å². The molecule has 0 heterocycles. The van der Waals surface area contributed by atoms with Crippen LogP contribution in [0.25, 0.3) is 11.1 Å². The fourth-order valence-corrected chi connectivity index (χ4v) is 1.73. The second kappa shape index (κ2) is 5.08. The van der Waals surface area contributed by atoms with Crippen molar-refractivity contribution in [2.24, 2.45) is 0 Å². The van der Waals surface area contributed by atoms with Gasteiger partial charge in [0.05, 0.1) is 24.3 Å². The highest BCUT2D eigenvalue weighted by molar-refractivity contribution is 5.68. The minimum absolute atomic E-state index is 0.644. The zero-order valence-electron chi connectivity index (χ0n) is 9.97. The molecule has 0 radical (unpaired) electrons. The van der Waals surface area contributed by atoms with Crippen LogP contribution in [0.3, 0.4) is 0 Å². The van der Waals surface area contributed by atoms with Crippen LogP contribution in [-0.4, -0.2) is 7.11 Å². The summed E-state index contributed by atoms with van der Waals surface area (Å²) < 4.78 is 5.25. The Morgan fingerprint density at radius 3 is 2.28 bits per heavy atom. The molecule has 0 N–H and O–H groups in total. The van der Waals surface area contributed by atoms with Gasteiger partial charge in [-0.1, -0.05) is 24.1 Å². The van der Waals surface area contributed by atoms with E-state index in [2.05, 4.69) is 12.0 Å². The number of benzene rings is 2. The van der Waals surface area contributed by atoms with E-state index in [-0.39, 0.29) is 0 Å². The monoisotopic (exact) mass is 233 g/mol. The lowest BCUT2D eigenvalue weighted by molar-refractivity contribution is 0.414. The van der Waals surface area contributed by atoms with Crippen molar-refractivity contribution in [2.75, 3.05) is 7.11 Å². The molecule has 0 spiro atoms. The lowest BCUT2D eigenvalue weighted by Gasteiger charge is -2.07. The Balaban J connectivity index is 2.45. The molecule has 2 rings (SSSR count). The maximum absolute atomic E-state index is 8.76. The largest absolute Gasteiger partial charge is 0.495 e. The Morgan fingerprint density at radius 2 is 1.72 bits per heavy atom. The van der Waals surface area contributed by atoms with Crippen molar-refractivity contribution in [1.29, 1.82) is 5.26 Å². The summed E-state index contributed by atoms with van der Waals surface area (Å²) in [6.07, 6.45) is 5.39. The second-order valence-corrected chi connectivity index (χ2v) is 3.75. The first kappa shape index (κ1) is 11.8. The Bertz CT molecular complexity index is 642. The number of rotatable bonds is 2. The summed E-state index contributed by atoms with van der Waals surface area (Å²) in [5.41, 5.74) is 3.41. The number of hydrogen-bond acceptors (Lipinski definition) is 2. The first-order valence-corrected chi connectivity index (χ1v) is 5.43. The lowest BCUT2D eigenvalue weighted by Crippen LogP contribution is -1.89. The molecule has 18 heavy (non-hydrogen) atoms. The molecule has 0 fully saturated rings. The molecule has 2 aromatic rings. The van der Waals surface area contributed by atoms with Gasteiger partial charge in [-0.3, -0.25) is 0 Å². The third-order valence-corrected chi connectivity index (χ3v) is 2.70. The third-order valence-electron chi connectivity index (χ3n) is 2.70. The van der Waals surface area contributed by atoms with Crippen LogP contribution < -0.4 is 4.74 Å². The second-order valence-electron chi connectivity index (χ2n) is 3.75. The molecule has 0 aromatic heterocycles. The van der Waals surface area contributed by atoms with E-state index in [4.69, 9.17) is 16.4 Å². The van der Waals surface area contributed by atoms with Crippen LogP contribution in [0.4, 0.5) is 0 Å². The molecule has 0 aliphatic carbocycles. The van der Waals surface area contributed by atoms with Gasteiger partial charge in [0.2, 0.25) is 0 Å². The van der Waals surface area contributed by atoms with Gasteiger partial charge < -0.3 is 4.74 Å². The Morgan fingerprint density at radius 1 is 1.06 bits per heavy atom. The highest BCUT2D eigenvalue weighted by Gasteiger charge is 2.04. The quantitative estimate of drug-likeness (QED) is 0.746. The molecule has 0 atom stereocenters. The molecule has 0 aliphatic heterocycles. The number of nitriles is 1. The van der Waals surface area contributed by atoms with Crippen molar-refractivity contribution >= 4 is 0 Å². The average Bonchev–Trinajstić information content (AvgIpc) is 2.46. The van der Waals surface area contributed by atoms with Gasteiger partial charge >= 0.3 is 0 Å². The number of hydrogen-bond donors (Lipinski definition) is 0. The molecule has 0 bridgehead atoms. The van der Waals surface area contributed by atoms with Crippen LogP contribution in [0, 0.1) is 23.7 Å². The van der Waals surface area contributed by atoms with E-state index in [9.17, 15) is 0 Å². The molecule has 0 saturated heterocycles. The molecule has 0 aliphatic rings. The van der Waals surface area contributed by atoms with Gasteiger partial charge in [0.1, 0.15) is 5.75 Å². The summed E-state index contributed by atoms with van der Waals surface area (Å²) in [6.45, 7) is 0. The van der Waals surface area contributed by atoms with Crippen molar-refractivity contribution in [1.82, 2.24) is 0 Å². The maximum Gasteiger partial charge on any atom is 0.135 e. The van der Waals surface area contributed by atoms with Crippen LogP contribution in [0.2, 0.25) is 0 Å². The van der Waals surface area contributed by atoms with Crippen molar-refractivity contribution in [3.63, 3.8) is 0 Å². The summed E-state index contributed by atoms with van der Waals surface area (Å²) in [4.78, 5) is 0. The predicted molar refractivity (Wildman–Crippen MR) is 71.1 cm³/mol. The Labute approximate surface area is 106 Å². The zero-order valence-corrected chi connectivity index (χ0v) is 9.97. The maximum atomic E-state index is 8.76. The van der Waals surface area contributed by atoms with E-state index in [1.54, 1.807) is 19.2 Å². The highest BCUT2D eigenvalue weighted by atomic mass is 16.5. The normalized spacial score (nSPS) is 9.28. The SMILES string of the molecule is C#Cc1ccc(-c2ccc(C#N)cc2)cc1OC. The Kier molecular flexibility index (Phi) is 3.32. The topological polar surface area (TPSA) is 33.0 Å². The number of methoxy groups -OCH3 is 1. The molecule has 0 saturated carbocycles. The van der Waals surface area contributed by atoms with Crippen molar-refractivity contribution < 1.29 is 4.74 Å². The van der Waals surface area contributed by atoms with Gasteiger partial charge in [0, 0.05) is 0 Å². The average molecular weight is 233 g/mol. The number of ether oxygens (including phenoxy) is 1. The molecule has 86 valence electrons. The fraction of sp³-hybridized carbons (Fsp3) is 0.0625. The third kappa shape index (κ3) is 2.19. The smallest absolute Gasteiger partial charge is 0.135 e. The predicted octanol–water partition coefficient (Wildman–Crippen LogP) is 3.22. The number of nitrogens with zero attached hydrogens (tertiary/aromatic N) is 1. The fourth-order valence-electron chi connectivity index (χ4n) is 1.73. The molecular weight excluding hydrogens is 222 g/mol. The van der Waals surface area contributed by atoms with Gasteiger partial charge in [-0.15, -0.1) is 6.42 Å². The van der Waals surface area contributed by atoms with Gasteiger partial charge in [-0.25, -0.2) is 0 Å². The molecular formula is C16H11NO. The van der Waals surface area contributed by atoms with Gasteiger partial charge in [-0.2, -0.15) is 5.26 Å². The minimum Gasteiger partial charge on any atom is -0.495 e. The summed E-state index contributed by atoms with van der Waals surface area (Å²) in [5.74, 6) is 3.26. The van der Waals surface area contributed by atoms with Gasteiger partial charge in [-0.05, 0) is 35.4 Å². The molecule has 2 nitrogen and oxygen atoms in total. The standard InChI is InChI=1S/C16H11NO/c1-3-13-8-9-15(10-16(13)18-2)14-6-4-12(11-17)5-7-14/h1,4-10H,2H3. The van der Waals surface area contributed by atoms with Gasteiger partial charge in [0.25, 0.3) is 0 Å². The van der Waals surface area contributed by atoms with E-state index in [0.717, 1.165) is 16.7 Å². The minimum atomic E-state index is 0.644. The number of terminal acetylenes is 1. The first-order chi connectivity index (χ1) is 8.78. The van der Waals surface area contributed by atoms with Crippen molar-refractivity contribution in [3.8, 4) is 35.3 Å². The van der Waals surface area contributed by atoms with E-state index < -0.39 is 0 Å². The Hall–Kier alpha value is -2.71. The lowest BCUT2D eigenvalue weighted by atomic mass is 10.0. The van der Waals surface area contributed by atoms with E-state index in [1.807, 2.05) is 30.3 Å². The van der Waals surface area contributed by atoms with Crippen LogP contribution >= 0.6 is 0 Å². The van der Waals surface area contributed by atoms with Crippen molar-refractivity contribution in [2.45, 2.75) is 0 Å². The molecule has 2 aromatic carbocycles. The van der Waals surface area contributed by atoms with Gasteiger partial charge in [0.15, 0.2) is 0 Å². The van der Waals surface area contributed by atoms with E-state index in [0.29, 0.717) is 11.3 Å². The zero-order chi connectivity index (χ0) is 13.0. The molecule has 0 unspecified atom stereocenters. The summed E-state index contributed by atoms with van der Waals surface area (Å²) in [6, 6.07) is 15.2. The summed E-state index contributed by atoms with van der Waals surface area (Å²) in [7, 11) is 1.60. The van der Waals surface area contributed by atoms with E-state index >= 15 is 0 Å². The molecule has 2 heteroatoms. The van der Waals surface area contributed by atoms with Crippen LogP contribution in [0.15, 0.2) is 42.5 Å².